The Bertz CT molecular complexity index is 529. The second kappa shape index (κ2) is 5.55. The highest BCUT2D eigenvalue weighted by atomic mass is 79.9. The monoisotopic (exact) mass is 313 g/mol. The van der Waals surface area contributed by atoms with Gasteiger partial charge in [-0.15, -0.1) is 6.42 Å². The van der Waals surface area contributed by atoms with Crippen molar-refractivity contribution in [1.82, 2.24) is 9.78 Å². The van der Waals surface area contributed by atoms with Crippen LogP contribution in [0.1, 0.15) is 20.8 Å². The maximum Gasteiger partial charge on any atom is 0.284 e. The summed E-state index contributed by atoms with van der Waals surface area (Å²) < 4.78 is 1.53. The molecule has 0 aliphatic heterocycles. The number of hydrogen-bond acceptors (Lipinski definition) is 4. The van der Waals surface area contributed by atoms with Crippen LogP contribution in [-0.4, -0.2) is 26.5 Å². The fourth-order valence-corrected chi connectivity index (χ4v) is 1.61. The molecule has 5 nitrogen and oxygen atoms in total. The minimum Gasteiger partial charge on any atom is -0.391 e. The number of rotatable bonds is 4. The normalized spacial score (nSPS) is 12.9. The van der Waals surface area contributed by atoms with Crippen LogP contribution in [0.5, 0.6) is 0 Å². The fourth-order valence-electron chi connectivity index (χ4n) is 1.20. The average molecular weight is 314 g/mol. The molecular formula is C12H16BrN3O2. The maximum atomic E-state index is 11.9. The quantitative estimate of drug-likeness (QED) is 0.820. The molecule has 6 heteroatoms. The van der Waals surface area contributed by atoms with E-state index < -0.39 is 11.6 Å². The smallest absolute Gasteiger partial charge is 0.284 e. The number of aliphatic hydroxyl groups excluding tert-OH is 1. The van der Waals surface area contributed by atoms with Gasteiger partial charge in [0.1, 0.15) is 11.0 Å². The van der Waals surface area contributed by atoms with E-state index in [1.54, 1.807) is 6.92 Å². The predicted molar refractivity (Wildman–Crippen MR) is 74.4 cm³/mol. The van der Waals surface area contributed by atoms with E-state index in [2.05, 4.69) is 32.3 Å². The Hall–Kier alpha value is -1.32. The van der Waals surface area contributed by atoms with Crippen LogP contribution < -0.4 is 10.9 Å². The summed E-state index contributed by atoms with van der Waals surface area (Å²) in [5.41, 5.74) is -0.354. The highest BCUT2D eigenvalue weighted by molar-refractivity contribution is 9.10. The molecule has 1 rings (SSSR count). The SMILES string of the molecule is C#CCn1ncc(NC(C)(C)C(C)O)c(Br)c1=O. The molecule has 0 fully saturated rings. The summed E-state index contributed by atoms with van der Waals surface area (Å²) in [6.07, 6.45) is 6.07. The first-order valence-electron chi connectivity index (χ1n) is 5.45. The van der Waals surface area contributed by atoms with Crippen molar-refractivity contribution in [3.63, 3.8) is 0 Å². The van der Waals surface area contributed by atoms with E-state index in [0.717, 1.165) is 0 Å². The molecule has 2 N–H and O–H groups in total. The molecule has 18 heavy (non-hydrogen) atoms. The summed E-state index contributed by atoms with van der Waals surface area (Å²) in [6.45, 7) is 5.46. The first-order chi connectivity index (χ1) is 8.29. The minimum atomic E-state index is -0.586. The van der Waals surface area contributed by atoms with Crippen LogP contribution in [0, 0.1) is 12.3 Å². The Kier molecular flexibility index (Phi) is 4.54. The number of anilines is 1. The molecule has 0 radical (unpaired) electrons. The molecule has 1 aromatic rings. The Morgan fingerprint density at radius 3 is 2.83 bits per heavy atom. The molecule has 0 aliphatic rings. The zero-order valence-corrected chi connectivity index (χ0v) is 12.2. The van der Waals surface area contributed by atoms with Crippen LogP contribution in [0.25, 0.3) is 0 Å². The van der Waals surface area contributed by atoms with Crippen molar-refractivity contribution in [2.45, 2.75) is 39.0 Å². The molecular weight excluding hydrogens is 298 g/mol. The van der Waals surface area contributed by atoms with Crippen molar-refractivity contribution in [3.8, 4) is 12.3 Å². The molecule has 0 saturated carbocycles. The predicted octanol–water partition coefficient (Wildman–Crippen LogP) is 1.21. The molecule has 1 atom stereocenters. The largest absolute Gasteiger partial charge is 0.391 e. The molecule has 98 valence electrons. The third kappa shape index (κ3) is 3.12. The lowest BCUT2D eigenvalue weighted by atomic mass is 9.98. The van der Waals surface area contributed by atoms with Gasteiger partial charge in [0.05, 0.1) is 23.5 Å². The van der Waals surface area contributed by atoms with E-state index in [1.807, 2.05) is 13.8 Å². The second-order valence-corrected chi connectivity index (χ2v) is 5.35. The molecule has 0 amide bonds. The van der Waals surface area contributed by atoms with Gasteiger partial charge in [-0.25, -0.2) is 4.68 Å². The number of terminal acetylenes is 1. The summed E-state index contributed by atoms with van der Waals surface area (Å²) in [5, 5.41) is 16.7. The summed E-state index contributed by atoms with van der Waals surface area (Å²) in [4.78, 5) is 11.9. The summed E-state index contributed by atoms with van der Waals surface area (Å²) >= 11 is 3.22. The van der Waals surface area contributed by atoms with Crippen LogP contribution in [0.15, 0.2) is 15.5 Å². The number of nitrogens with zero attached hydrogens (tertiary/aromatic N) is 2. The molecule has 0 bridgehead atoms. The van der Waals surface area contributed by atoms with Gasteiger partial charge in [-0.1, -0.05) is 5.92 Å². The Morgan fingerprint density at radius 1 is 1.72 bits per heavy atom. The van der Waals surface area contributed by atoms with E-state index in [9.17, 15) is 9.90 Å². The zero-order chi connectivity index (χ0) is 13.9. The van der Waals surface area contributed by atoms with Crippen molar-refractivity contribution < 1.29 is 5.11 Å². The molecule has 1 unspecified atom stereocenters. The van der Waals surface area contributed by atoms with Crippen LogP contribution >= 0.6 is 15.9 Å². The Morgan fingerprint density at radius 2 is 2.33 bits per heavy atom. The average Bonchev–Trinajstić information content (AvgIpc) is 2.28. The van der Waals surface area contributed by atoms with Gasteiger partial charge in [-0.2, -0.15) is 5.10 Å². The molecule has 1 aromatic heterocycles. The summed E-state index contributed by atoms with van der Waals surface area (Å²) in [7, 11) is 0. The topological polar surface area (TPSA) is 67.2 Å². The summed E-state index contributed by atoms with van der Waals surface area (Å²) in [6, 6.07) is 0. The number of halogens is 1. The van der Waals surface area contributed by atoms with Crippen molar-refractivity contribution in [1.29, 1.82) is 0 Å². The van der Waals surface area contributed by atoms with Gasteiger partial charge < -0.3 is 10.4 Å². The van der Waals surface area contributed by atoms with Crippen LogP contribution in [0.2, 0.25) is 0 Å². The lowest BCUT2D eigenvalue weighted by molar-refractivity contribution is 0.133. The highest BCUT2D eigenvalue weighted by Gasteiger charge is 2.25. The number of aliphatic hydroxyl groups is 1. The zero-order valence-electron chi connectivity index (χ0n) is 10.6. The van der Waals surface area contributed by atoms with Crippen LogP contribution in [0.4, 0.5) is 5.69 Å². The standard InChI is InChI=1S/C12H16BrN3O2/c1-5-6-16-11(18)10(13)9(7-14-16)15-12(3,4)8(2)17/h1,7-8,15,17H,6H2,2-4H3. The van der Waals surface area contributed by atoms with E-state index >= 15 is 0 Å². The highest BCUT2D eigenvalue weighted by Crippen LogP contribution is 2.22. The van der Waals surface area contributed by atoms with Gasteiger partial charge in [-0.05, 0) is 36.7 Å². The Labute approximate surface area is 114 Å². The second-order valence-electron chi connectivity index (χ2n) is 4.56. The van der Waals surface area contributed by atoms with E-state index in [4.69, 9.17) is 6.42 Å². The third-order valence-electron chi connectivity index (χ3n) is 2.73. The molecule has 0 aliphatic carbocycles. The lowest BCUT2D eigenvalue weighted by Gasteiger charge is -2.30. The third-order valence-corrected chi connectivity index (χ3v) is 3.49. The lowest BCUT2D eigenvalue weighted by Crippen LogP contribution is -2.42. The van der Waals surface area contributed by atoms with Gasteiger partial charge in [0.25, 0.3) is 5.56 Å². The minimum absolute atomic E-state index is 0.123. The first kappa shape index (κ1) is 14.7. The van der Waals surface area contributed by atoms with E-state index in [-0.39, 0.29) is 12.1 Å². The van der Waals surface area contributed by atoms with Crippen molar-refractivity contribution in [2.24, 2.45) is 0 Å². The first-order valence-corrected chi connectivity index (χ1v) is 6.24. The van der Waals surface area contributed by atoms with Crippen molar-refractivity contribution in [2.75, 3.05) is 5.32 Å². The number of hydrogen-bond donors (Lipinski definition) is 2. The van der Waals surface area contributed by atoms with Gasteiger partial charge >= 0.3 is 0 Å². The maximum absolute atomic E-state index is 11.9. The van der Waals surface area contributed by atoms with Crippen molar-refractivity contribution in [3.05, 3.63) is 21.0 Å². The van der Waals surface area contributed by atoms with Crippen LogP contribution in [-0.2, 0) is 6.54 Å². The Balaban J connectivity index is 3.11. The number of aromatic nitrogens is 2. The molecule has 1 heterocycles. The fraction of sp³-hybridized carbons (Fsp3) is 0.500. The van der Waals surface area contributed by atoms with Gasteiger partial charge in [-0.3, -0.25) is 4.79 Å². The van der Waals surface area contributed by atoms with E-state index in [0.29, 0.717) is 10.2 Å². The molecule has 0 saturated heterocycles. The van der Waals surface area contributed by atoms with Crippen molar-refractivity contribution >= 4 is 21.6 Å². The molecule has 0 aromatic carbocycles. The summed E-state index contributed by atoms with van der Waals surface area (Å²) in [5.74, 6) is 2.36. The van der Waals surface area contributed by atoms with Crippen LogP contribution in [0.3, 0.4) is 0 Å². The van der Waals surface area contributed by atoms with Gasteiger partial charge in [0.2, 0.25) is 0 Å². The molecule has 0 spiro atoms. The van der Waals surface area contributed by atoms with Gasteiger partial charge in [0, 0.05) is 0 Å². The number of nitrogens with one attached hydrogen (secondary N) is 1. The van der Waals surface area contributed by atoms with Gasteiger partial charge in [0.15, 0.2) is 0 Å². The van der Waals surface area contributed by atoms with E-state index in [1.165, 1.54) is 10.9 Å².